The van der Waals surface area contributed by atoms with Gasteiger partial charge in [0, 0.05) is 16.9 Å². The van der Waals surface area contributed by atoms with Crippen molar-refractivity contribution in [3.63, 3.8) is 0 Å². The number of rotatable bonds is 5. The van der Waals surface area contributed by atoms with Crippen LogP contribution in [0, 0.1) is 11.8 Å². The summed E-state index contributed by atoms with van der Waals surface area (Å²) < 4.78 is 11.1. The van der Waals surface area contributed by atoms with E-state index in [1.807, 2.05) is 6.92 Å². The van der Waals surface area contributed by atoms with Crippen molar-refractivity contribution in [2.24, 2.45) is 11.8 Å². The van der Waals surface area contributed by atoms with Gasteiger partial charge < -0.3 is 24.3 Å². The predicted octanol–water partition coefficient (Wildman–Crippen LogP) is 1.92. The average molecular weight is 424 g/mol. The van der Waals surface area contributed by atoms with Gasteiger partial charge in [-0.15, -0.1) is 11.3 Å². The van der Waals surface area contributed by atoms with Gasteiger partial charge in [0.25, 0.3) is 0 Å². The zero-order valence-electron chi connectivity index (χ0n) is 15.0. The lowest BCUT2D eigenvalue weighted by Crippen LogP contribution is -2.63. The van der Waals surface area contributed by atoms with Crippen molar-refractivity contribution in [2.75, 3.05) is 7.11 Å². The fourth-order valence-corrected chi connectivity index (χ4v) is 6.00. The number of β-lactam (4-membered cyclic amide) rings is 1. The lowest BCUT2D eigenvalue weighted by molar-refractivity contribution is -0.163. The molecule has 1 fully saturated rings. The molecule has 2 aliphatic rings. The molecule has 9 nitrogen and oxygen atoms in total. The molecule has 0 aromatic carbocycles. The lowest BCUT2D eigenvalue weighted by atomic mass is 9.79. The highest BCUT2D eigenvalue weighted by Gasteiger charge is 2.60. The van der Waals surface area contributed by atoms with Crippen LogP contribution < -0.4 is 0 Å². The first-order chi connectivity index (χ1) is 13.2. The molecule has 0 saturated carbocycles. The summed E-state index contributed by atoms with van der Waals surface area (Å²) in [7, 11) is 1.25. The fraction of sp³-hybridized carbons (Fsp3) is 0.412. The van der Waals surface area contributed by atoms with Crippen LogP contribution in [0.3, 0.4) is 0 Å². The molecule has 0 unspecified atom stereocenters. The molecule has 4 heterocycles. The smallest absolute Gasteiger partial charge is 0.374 e. The van der Waals surface area contributed by atoms with Crippen molar-refractivity contribution in [1.82, 2.24) is 9.88 Å². The summed E-state index contributed by atoms with van der Waals surface area (Å²) in [4.78, 5) is 41.8. The number of aromatic nitrogens is 1. The first-order valence-electron chi connectivity index (χ1n) is 8.39. The van der Waals surface area contributed by atoms with Crippen LogP contribution in [0.25, 0.3) is 10.4 Å². The molecule has 0 aliphatic carbocycles. The maximum absolute atomic E-state index is 12.4. The number of methoxy groups -OCH3 is 1. The van der Waals surface area contributed by atoms with Crippen molar-refractivity contribution in [2.45, 2.75) is 30.3 Å². The van der Waals surface area contributed by atoms with Gasteiger partial charge in [-0.25, -0.2) is 9.59 Å². The Morgan fingerprint density at radius 1 is 1.46 bits per heavy atom. The molecule has 4 rings (SSSR count). The van der Waals surface area contributed by atoms with E-state index in [9.17, 15) is 24.6 Å². The van der Waals surface area contributed by atoms with Crippen molar-refractivity contribution < 1.29 is 33.8 Å². The number of hydrogen-bond acceptors (Lipinski definition) is 9. The number of carboxylic acids is 1. The van der Waals surface area contributed by atoms with Gasteiger partial charge in [-0.2, -0.15) is 4.98 Å². The van der Waals surface area contributed by atoms with Crippen molar-refractivity contribution in [3.8, 4) is 0 Å². The van der Waals surface area contributed by atoms with E-state index in [1.54, 1.807) is 0 Å². The number of carbonyl (C=O) groups excluding carboxylic acids is 2. The topological polar surface area (TPSA) is 130 Å². The third-order valence-electron chi connectivity index (χ3n) is 4.96. The SMILES string of the molecule is COC(=O)c1cc2sc(SC3=C(C(=O)O)N4C(=O)[C@H]([C@@H](C)O)[C@H]4[C@H]3C)nc2o1. The van der Waals surface area contributed by atoms with E-state index in [1.165, 1.54) is 36.3 Å². The first kappa shape index (κ1) is 19.0. The number of carbonyl (C=O) groups is 3. The van der Waals surface area contributed by atoms with E-state index < -0.39 is 24.0 Å². The number of thiazole rings is 1. The van der Waals surface area contributed by atoms with Crippen LogP contribution in [0.4, 0.5) is 0 Å². The Morgan fingerprint density at radius 2 is 2.18 bits per heavy atom. The van der Waals surface area contributed by atoms with Gasteiger partial charge in [0.2, 0.25) is 17.4 Å². The molecule has 2 aliphatic heterocycles. The van der Waals surface area contributed by atoms with Crippen LogP contribution in [0.2, 0.25) is 0 Å². The lowest BCUT2D eigenvalue weighted by Gasteiger charge is -2.46. The van der Waals surface area contributed by atoms with Crippen LogP contribution in [0.1, 0.15) is 24.4 Å². The number of amides is 1. The van der Waals surface area contributed by atoms with Gasteiger partial charge in [0.1, 0.15) is 5.70 Å². The Balaban J connectivity index is 1.66. The van der Waals surface area contributed by atoms with Gasteiger partial charge >= 0.3 is 11.9 Å². The minimum absolute atomic E-state index is 0.0435. The average Bonchev–Trinajstić information content (AvgIpc) is 3.24. The number of furan rings is 1. The normalized spacial score (nSPS) is 25.1. The number of aliphatic carboxylic acids is 1. The molecule has 0 spiro atoms. The zero-order chi connectivity index (χ0) is 20.3. The van der Waals surface area contributed by atoms with Crippen LogP contribution >= 0.6 is 23.1 Å². The highest BCUT2D eigenvalue weighted by Crippen LogP contribution is 2.52. The van der Waals surface area contributed by atoms with Crippen molar-refractivity contribution in [1.29, 1.82) is 0 Å². The van der Waals surface area contributed by atoms with Crippen LogP contribution in [-0.2, 0) is 14.3 Å². The summed E-state index contributed by atoms with van der Waals surface area (Å²) in [6.07, 6.45) is -0.852. The molecular formula is C17H16N2O7S2. The number of aliphatic hydroxyl groups excluding tert-OH is 1. The standard InChI is InChI=1S/C17H16N2O7S2/c1-5-10-9(6(2)20)14(21)19(10)11(15(22)23)12(5)28-17-18-13-8(27-17)4-7(26-13)16(24)25-3/h4-6,9-10,20H,1-3H3,(H,22,23)/t5-,6-,9-,10-/m1/s1. The Morgan fingerprint density at radius 3 is 2.75 bits per heavy atom. The van der Waals surface area contributed by atoms with Crippen molar-refractivity contribution >= 4 is 51.4 Å². The fourth-order valence-electron chi connectivity index (χ4n) is 3.71. The Labute approximate surface area is 167 Å². The summed E-state index contributed by atoms with van der Waals surface area (Å²) in [5.41, 5.74) is 0.198. The number of hydrogen-bond donors (Lipinski definition) is 2. The molecule has 148 valence electrons. The third kappa shape index (κ3) is 2.65. The van der Waals surface area contributed by atoms with Gasteiger partial charge in [-0.3, -0.25) is 4.79 Å². The Hall–Kier alpha value is -2.37. The zero-order valence-corrected chi connectivity index (χ0v) is 16.7. The van der Waals surface area contributed by atoms with E-state index >= 15 is 0 Å². The second-order valence-corrected chi connectivity index (χ2v) is 8.95. The number of ether oxygens (including phenoxy) is 1. The summed E-state index contributed by atoms with van der Waals surface area (Å²) in [6.45, 7) is 3.37. The minimum Gasteiger partial charge on any atom is -0.477 e. The second kappa shape index (κ2) is 6.61. The summed E-state index contributed by atoms with van der Waals surface area (Å²) in [6, 6.07) is 1.14. The number of nitrogens with zero attached hydrogens (tertiary/aromatic N) is 2. The second-order valence-electron chi connectivity index (χ2n) is 6.63. The van der Waals surface area contributed by atoms with Crippen LogP contribution in [0.5, 0.6) is 0 Å². The van der Waals surface area contributed by atoms with E-state index in [4.69, 9.17) is 4.42 Å². The molecule has 1 amide bonds. The number of aliphatic hydroxyl groups is 1. The largest absolute Gasteiger partial charge is 0.477 e. The minimum atomic E-state index is -1.19. The Kier molecular flexibility index (Phi) is 4.47. The molecule has 11 heteroatoms. The van der Waals surface area contributed by atoms with Crippen LogP contribution in [0.15, 0.2) is 25.4 Å². The number of carboxylic acid groups (broad SMARTS) is 1. The van der Waals surface area contributed by atoms with E-state index in [2.05, 4.69) is 9.72 Å². The number of esters is 1. The van der Waals surface area contributed by atoms with E-state index in [0.717, 1.165) is 11.8 Å². The highest BCUT2D eigenvalue weighted by atomic mass is 32.2. The van der Waals surface area contributed by atoms with Gasteiger partial charge in [0.05, 0.1) is 29.9 Å². The van der Waals surface area contributed by atoms with Gasteiger partial charge in [-0.1, -0.05) is 18.7 Å². The summed E-state index contributed by atoms with van der Waals surface area (Å²) >= 11 is 2.41. The quantitative estimate of drug-likeness (QED) is 0.546. The van der Waals surface area contributed by atoms with E-state index in [0.29, 0.717) is 13.9 Å². The molecule has 28 heavy (non-hydrogen) atoms. The van der Waals surface area contributed by atoms with Gasteiger partial charge in [0.15, 0.2) is 4.34 Å². The van der Waals surface area contributed by atoms with Crippen LogP contribution in [-0.4, -0.2) is 57.2 Å². The summed E-state index contributed by atoms with van der Waals surface area (Å²) in [5.74, 6) is -3.00. The van der Waals surface area contributed by atoms with Gasteiger partial charge in [-0.05, 0) is 6.92 Å². The monoisotopic (exact) mass is 424 g/mol. The van der Waals surface area contributed by atoms with Crippen molar-refractivity contribution in [3.05, 3.63) is 22.4 Å². The highest BCUT2D eigenvalue weighted by molar-refractivity contribution is 8.04. The number of thioether (sulfide) groups is 1. The third-order valence-corrected chi connectivity index (χ3v) is 7.29. The predicted molar refractivity (Wildman–Crippen MR) is 98.7 cm³/mol. The van der Waals surface area contributed by atoms with E-state index in [-0.39, 0.29) is 35.0 Å². The molecule has 2 aromatic rings. The molecule has 1 saturated heterocycles. The maximum Gasteiger partial charge on any atom is 0.374 e. The molecule has 0 radical (unpaired) electrons. The molecule has 0 bridgehead atoms. The molecular weight excluding hydrogens is 408 g/mol. The summed E-state index contributed by atoms with van der Waals surface area (Å²) in [5, 5.41) is 19.5. The first-order valence-corrected chi connectivity index (χ1v) is 10.0. The molecule has 4 atom stereocenters. The Bertz CT molecular complexity index is 1010. The maximum atomic E-state index is 12.4. The molecule has 2 aromatic heterocycles. The number of fused-ring (bicyclic) bond motifs is 2. The molecule has 2 N–H and O–H groups in total.